The summed E-state index contributed by atoms with van der Waals surface area (Å²) in [5.41, 5.74) is 0.864. The minimum absolute atomic E-state index is 0.104. The van der Waals surface area contributed by atoms with Crippen molar-refractivity contribution in [3.63, 3.8) is 0 Å². The summed E-state index contributed by atoms with van der Waals surface area (Å²) < 4.78 is 41.2. The molecule has 0 aliphatic rings. The molecule has 8 heteroatoms. The van der Waals surface area contributed by atoms with Gasteiger partial charge in [-0.3, -0.25) is 9.10 Å². The summed E-state index contributed by atoms with van der Waals surface area (Å²) in [6.07, 6.45) is 0. The summed E-state index contributed by atoms with van der Waals surface area (Å²) >= 11 is 3.32. The van der Waals surface area contributed by atoms with Crippen LogP contribution in [0.15, 0.2) is 88.2 Å². The first-order valence-corrected chi connectivity index (χ1v) is 10.5. The third-order valence-corrected chi connectivity index (χ3v) is 6.12. The summed E-state index contributed by atoms with van der Waals surface area (Å²) in [4.78, 5) is 12.4. The van der Waals surface area contributed by atoms with E-state index in [4.69, 9.17) is 0 Å². The van der Waals surface area contributed by atoms with Crippen LogP contribution in [-0.4, -0.2) is 20.9 Å². The number of halogens is 2. The number of anilines is 2. The van der Waals surface area contributed by atoms with Gasteiger partial charge in [-0.1, -0.05) is 40.2 Å². The van der Waals surface area contributed by atoms with Gasteiger partial charge in [-0.05, 0) is 54.6 Å². The molecule has 0 saturated carbocycles. The molecule has 3 aromatic rings. The molecular formula is C20H16BrFN2O3S. The van der Waals surface area contributed by atoms with E-state index < -0.39 is 28.3 Å². The lowest BCUT2D eigenvalue weighted by Crippen LogP contribution is -2.38. The molecular weight excluding hydrogens is 447 g/mol. The summed E-state index contributed by atoms with van der Waals surface area (Å²) in [5.74, 6) is -1.05. The molecule has 144 valence electrons. The smallest absolute Gasteiger partial charge is 0.264 e. The number of carbonyl (C=O) groups excluding carboxylic acids is 1. The highest BCUT2D eigenvalue weighted by atomic mass is 79.9. The SMILES string of the molecule is O=C(CN(c1ccccc1)S(=O)(=O)c1ccc(F)cc1)Nc1cccc(Br)c1. The first kappa shape index (κ1) is 20.0. The Balaban J connectivity index is 1.91. The fourth-order valence-corrected chi connectivity index (χ4v) is 4.36. The van der Waals surface area contributed by atoms with Crippen LogP contribution < -0.4 is 9.62 Å². The van der Waals surface area contributed by atoms with E-state index in [2.05, 4.69) is 21.2 Å². The lowest BCUT2D eigenvalue weighted by Gasteiger charge is -2.24. The fourth-order valence-electron chi connectivity index (χ4n) is 2.54. The standard InChI is InChI=1S/C20H16BrFN2O3S/c21-15-5-4-6-17(13-15)23-20(25)14-24(18-7-2-1-3-8-18)28(26,27)19-11-9-16(22)10-12-19/h1-13H,14H2,(H,23,25). The zero-order valence-corrected chi connectivity index (χ0v) is 17.0. The molecule has 0 fully saturated rings. The molecule has 0 spiro atoms. The van der Waals surface area contributed by atoms with E-state index in [9.17, 15) is 17.6 Å². The Bertz CT molecular complexity index is 1070. The van der Waals surface area contributed by atoms with E-state index in [0.717, 1.165) is 20.9 Å². The Morgan fingerprint density at radius 2 is 1.64 bits per heavy atom. The summed E-state index contributed by atoms with van der Waals surface area (Å²) in [6, 6.07) is 19.7. The van der Waals surface area contributed by atoms with Gasteiger partial charge in [0.05, 0.1) is 10.6 Å². The lowest BCUT2D eigenvalue weighted by atomic mass is 10.3. The van der Waals surface area contributed by atoms with Gasteiger partial charge < -0.3 is 5.32 Å². The van der Waals surface area contributed by atoms with Crippen molar-refractivity contribution in [2.45, 2.75) is 4.90 Å². The molecule has 0 unspecified atom stereocenters. The van der Waals surface area contributed by atoms with Gasteiger partial charge in [0, 0.05) is 10.2 Å². The van der Waals surface area contributed by atoms with E-state index in [1.54, 1.807) is 48.5 Å². The molecule has 1 amide bonds. The molecule has 0 saturated heterocycles. The van der Waals surface area contributed by atoms with Crippen LogP contribution >= 0.6 is 15.9 Å². The topological polar surface area (TPSA) is 66.5 Å². The highest BCUT2D eigenvalue weighted by Gasteiger charge is 2.27. The summed E-state index contributed by atoms with van der Waals surface area (Å²) in [6.45, 7) is -0.434. The Morgan fingerprint density at radius 1 is 0.964 bits per heavy atom. The zero-order valence-electron chi connectivity index (χ0n) is 14.5. The third kappa shape index (κ3) is 4.76. The number of nitrogens with one attached hydrogen (secondary N) is 1. The van der Waals surface area contributed by atoms with Gasteiger partial charge >= 0.3 is 0 Å². The average molecular weight is 463 g/mol. The molecule has 5 nitrogen and oxygen atoms in total. The van der Waals surface area contributed by atoms with E-state index in [-0.39, 0.29) is 4.90 Å². The van der Waals surface area contributed by atoms with E-state index >= 15 is 0 Å². The molecule has 0 radical (unpaired) electrons. The van der Waals surface area contributed by atoms with Crippen LogP contribution in [0, 0.1) is 5.82 Å². The molecule has 1 N–H and O–H groups in total. The molecule has 0 aliphatic heterocycles. The minimum atomic E-state index is -4.07. The summed E-state index contributed by atoms with van der Waals surface area (Å²) in [7, 11) is -4.07. The van der Waals surface area contributed by atoms with Crippen molar-refractivity contribution in [1.29, 1.82) is 0 Å². The molecule has 0 atom stereocenters. The number of carbonyl (C=O) groups is 1. The van der Waals surface area contributed by atoms with Crippen molar-refractivity contribution in [3.8, 4) is 0 Å². The lowest BCUT2D eigenvalue weighted by molar-refractivity contribution is -0.114. The molecule has 3 rings (SSSR count). The van der Waals surface area contributed by atoms with Crippen LogP contribution in [-0.2, 0) is 14.8 Å². The predicted octanol–water partition coefficient (Wildman–Crippen LogP) is 4.42. The normalized spacial score (nSPS) is 11.1. The Labute approximate surface area is 171 Å². The first-order chi connectivity index (χ1) is 13.4. The van der Waals surface area contributed by atoms with E-state index in [0.29, 0.717) is 11.4 Å². The highest BCUT2D eigenvalue weighted by molar-refractivity contribution is 9.10. The van der Waals surface area contributed by atoms with Gasteiger partial charge in [0.2, 0.25) is 5.91 Å². The molecule has 0 aliphatic carbocycles. The predicted molar refractivity (Wildman–Crippen MR) is 110 cm³/mol. The number of hydrogen-bond acceptors (Lipinski definition) is 3. The van der Waals surface area contributed by atoms with Crippen molar-refractivity contribution in [2.75, 3.05) is 16.2 Å². The maximum Gasteiger partial charge on any atom is 0.264 e. The monoisotopic (exact) mass is 462 g/mol. The molecule has 0 aromatic heterocycles. The van der Waals surface area contributed by atoms with Gasteiger partial charge in [-0.15, -0.1) is 0 Å². The van der Waals surface area contributed by atoms with E-state index in [1.807, 2.05) is 6.07 Å². The Morgan fingerprint density at radius 3 is 2.29 bits per heavy atom. The number of rotatable bonds is 6. The molecule has 0 bridgehead atoms. The van der Waals surface area contributed by atoms with Gasteiger partial charge in [0.1, 0.15) is 12.4 Å². The van der Waals surface area contributed by atoms with Gasteiger partial charge in [0.25, 0.3) is 10.0 Å². The second-order valence-corrected chi connectivity index (χ2v) is 8.64. The van der Waals surface area contributed by atoms with Crippen LogP contribution in [0.25, 0.3) is 0 Å². The fraction of sp³-hybridized carbons (Fsp3) is 0.0500. The number of para-hydroxylation sites is 1. The molecule has 0 heterocycles. The van der Waals surface area contributed by atoms with Gasteiger partial charge in [-0.2, -0.15) is 0 Å². The maximum absolute atomic E-state index is 13.2. The Hall–Kier alpha value is -2.71. The second-order valence-electron chi connectivity index (χ2n) is 5.86. The highest BCUT2D eigenvalue weighted by Crippen LogP contribution is 2.24. The first-order valence-electron chi connectivity index (χ1n) is 8.25. The van der Waals surface area contributed by atoms with Crippen molar-refractivity contribution in [1.82, 2.24) is 0 Å². The molecule has 28 heavy (non-hydrogen) atoms. The third-order valence-electron chi connectivity index (χ3n) is 3.84. The second kappa shape index (κ2) is 8.53. The van der Waals surface area contributed by atoms with Gasteiger partial charge in [-0.25, -0.2) is 12.8 Å². The number of benzene rings is 3. The van der Waals surface area contributed by atoms with Crippen LogP contribution in [0.2, 0.25) is 0 Å². The largest absolute Gasteiger partial charge is 0.324 e. The van der Waals surface area contributed by atoms with Crippen molar-refractivity contribution in [3.05, 3.63) is 89.2 Å². The molecule has 3 aromatic carbocycles. The van der Waals surface area contributed by atoms with Crippen LogP contribution in [0.4, 0.5) is 15.8 Å². The minimum Gasteiger partial charge on any atom is -0.324 e. The number of nitrogens with zero attached hydrogens (tertiary/aromatic N) is 1. The zero-order chi connectivity index (χ0) is 20.1. The number of sulfonamides is 1. The van der Waals surface area contributed by atoms with Crippen LogP contribution in [0.5, 0.6) is 0 Å². The van der Waals surface area contributed by atoms with Gasteiger partial charge in [0.15, 0.2) is 0 Å². The van der Waals surface area contributed by atoms with Crippen LogP contribution in [0.1, 0.15) is 0 Å². The maximum atomic E-state index is 13.2. The number of amides is 1. The van der Waals surface area contributed by atoms with Crippen molar-refractivity contribution >= 4 is 43.2 Å². The summed E-state index contributed by atoms with van der Waals surface area (Å²) in [5, 5.41) is 2.68. The van der Waals surface area contributed by atoms with Crippen molar-refractivity contribution < 1.29 is 17.6 Å². The number of hydrogen-bond donors (Lipinski definition) is 1. The van der Waals surface area contributed by atoms with E-state index in [1.165, 1.54) is 12.1 Å². The van der Waals surface area contributed by atoms with Crippen molar-refractivity contribution in [2.24, 2.45) is 0 Å². The average Bonchev–Trinajstić information content (AvgIpc) is 2.67. The van der Waals surface area contributed by atoms with Crippen LogP contribution in [0.3, 0.4) is 0 Å². The Kier molecular flexibility index (Phi) is 6.11. The quantitative estimate of drug-likeness (QED) is 0.589.